The van der Waals surface area contributed by atoms with Gasteiger partial charge in [0.1, 0.15) is 17.5 Å². The summed E-state index contributed by atoms with van der Waals surface area (Å²) >= 11 is 0. The Morgan fingerprint density at radius 3 is 2.80 bits per heavy atom. The fraction of sp³-hybridized carbons (Fsp3) is 0.421. The highest BCUT2D eigenvalue weighted by Gasteiger charge is 2.21. The van der Waals surface area contributed by atoms with Crippen molar-refractivity contribution in [1.29, 1.82) is 0 Å². The van der Waals surface area contributed by atoms with Crippen LogP contribution in [-0.2, 0) is 11.3 Å². The Kier molecular flexibility index (Phi) is 4.03. The third-order valence-electron chi connectivity index (χ3n) is 5.08. The Labute approximate surface area is 144 Å². The molecule has 130 valence electrons. The summed E-state index contributed by atoms with van der Waals surface area (Å²) in [5.74, 6) is 0.677. The van der Waals surface area contributed by atoms with Crippen LogP contribution in [0.3, 0.4) is 0 Å². The van der Waals surface area contributed by atoms with E-state index < -0.39 is 5.63 Å². The smallest absolute Gasteiger partial charge is 0.347 e. The van der Waals surface area contributed by atoms with Crippen LogP contribution in [0.25, 0.3) is 21.9 Å². The fourth-order valence-corrected chi connectivity index (χ4v) is 3.66. The van der Waals surface area contributed by atoms with Gasteiger partial charge in [0.05, 0.1) is 11.7 Å². The highest BCUT2D eigenvalue weighted by molar-refractivity contribution is 6.02. The molecule has 25 heavy (non-hydrogen) atoms. The van der Waals surface area contributed by atoms with Gasteiger partial charge in [0, 0.05) is 11.4 Å². The topological polar surface area (TPSA) is 77.1 Å². The predicted octanol–water partition coefficient (Wildman–Crippen LogP) is 2.84. The van der Waals surface area contributed by atoms with Gasteiger partial charge in [-0.3, -0.25) is 9.48 Å². The van der Waals surface area contributed by atoms with Crippen molar-refractivity contribution >= 4 is 27.8 Å². The molecule has 0 unspecified atom stereocenters. The molecule has 1 aliphatic rings. The summed E-state index contributed by atoms with van der Waals surface area (Å²) in [4.78, 5) is 24.6. The summed E-state index contributed by atoms with van der Waals surface area (Å²) in [7, 11) is 0. The summed E-state index contributed by atoms with van der Waals surface area (Å²) in [6.45, 7) is 2.35. The normalized spacial score (nSPS) is 20.8. The predicted molar refractivity (Wildman–Crippen MR) is 95.3 cm³/mol. The number of carbonyl (C=O) groups is 1. The van der Waals surface area contributed by atoms with E-state index in [1.165, 1.54) is 6.20 Å². The quantitative estimate of drug-likeness (QED) is 0.744. The number of nitrogens with zero attached hydrogens (tertiary/aromatic N) is 2. The molecule has 1 N–H and O–H groups in total. The lowest BCUT2D eigenvalue weighted by molar-refractivity contribution is -0.122. The van der Waals surface area contributed by atoms with Crippen LogP contribution in [0.5, 0.6) is 0 Å². The van der Waals surface area contributed by atoms with Crippen molar-refractivity contribution in [1.82, 2.24) is 15.1 Å². The van der Waals surface area contributed by atoms with Crippen LogP contribution in [0, 0.1) is 5.92 Å². The molecule has 3 aromatic rings. The Morgan fingerprint density at radius 1 is 1.24 bits per heavy atom. The molecule has 0 aliphatic heterocycles. The first-order valence-corrected chi connectivity index (χ1v) is 8.78. The average molecular weight is 339 g/mol. The molecule has 1 aliphatic carbocycles. The molecule has 2 heterocycles. The highest BCUT2D eigenvalue weighted by atomic mass is 16.4. The second-order valence-electron chi connectivity index (χ2n) is 6.97. The molecule has 0 atom stereocenters. The Hall–Kier alpha value is -2.63. The van der Waals surface area contributed by atoms with Crippen LogP contribution in [0.2, 0.25) is 0 Å². The highest BCUT2D eigenvalue weighted by Crippen LogP contribution is 2.24. The molecule has 0 saturated heterocycles. The number of aromatic nitrogens is 2. The van der Waals surface area contributed by atoms with Crippen molar-refractivity contribution < 1.29 is 9.21 Å². The number of nitrogens with one attached hydrogen (secondary N) is 1. The zero-order chi connectivity index (χ0) is 17.4. The zero-order valence-electron chi connectivity index (χ0n) is 14.2. The monoisotopic (exact) mass is 339 g/mol. The Balaban J connectivity index is 1.61. The van der Waals surface area contributed by atoms with Crippen LogP contribution in [0.15, 0.2) is 39.7 Å². The van der Waals surface area contributed by atoms with Crippen molar-refractivity contribution in [2.24, 2.45) is 5.92 Å². The van der Waals surface area contributed by atoms with Gasteiger partial charge in [-0.25, -0.2) is 4.79 Å². The van der Waals surface area contributed by atoms with E-state index in [2.05, 4.69) is 17.3 Å². The third-order valence-corrected chi connectivity index (χ3v) is 5.08. The molecule has 1 amide bonds. The van der Waals surface area contributed by atoms with Crippen molar-refractivity contribution in [3.63, 3.8) is 0 Å². The standard InChI is InChI=1S/C19H21N3O3/c1-12-6-8-13(9-7-12)21-17(23)11-22-18-14-4-2-3-5-16(14)25-19(24)15(18)10-20-22/h2-5,10,12-13H,6-9,11H2,1H3,(H,21,23). The SMILES string of the molecule is CC1CCC(NC(=O)Cn2ncc3c(=O)oc4ccccc4c32)CC1. The van der Waals surface area contributed by atoms with Crippen LogP contribution in [0.1, 0.15) is 32.6 Å². The lowest BCUT2D eigenvalue weighted by Gasteiger charge is -2.26. The second-order valence-corrected chi connectivity index (χ2v) is 6.97. The maximum atomic E-state index is 12.5. The number of carbonyl (C=O) groups excluding carboxylic acids is 1. The van der Waals surface area contributed by atoms with E-state index in [1.807, 2.05) is 18.2 Å². The maximum Gasteiger partial charge on any atom is 0.347 e. The summed E-state index contributed by atoms with van der Waals surface area (Å²) in [6, 6.07) is 7.56. The molecule has 0 spiro atoms. The largest absolute Gasteiger partial charge is 0.422 e. The Morgan fingerprint density at radius 2 is 2.00 bits per heavy atom. The molecule has 4 rings (SSSR count). The van der Waals surface area contributed by atoms with E-state index in [1.54, 1.807) is 10.7 Å². The molecular weight excluding hydrogens is 318 g/mol. The van der Waals surface area contributed by atoms with Gasteiger partial charge >= 0.3 is 5.63 Å². The number of rotatable bonds is 3. The van der Waals surface area contributed by atoms with Gasteiger partial charge in [-0.05, 0) is 43.7 Å². The molecule has 1 aromatic carbocycles. The van der Waals surface area contributed by atoms with Crippen molar-refractivity contribution in [3.05, 3.63) is 40.9 Å². The number of benzene rings is 1. The van der Waals surface area contributed by atoms with Gasteiger partial charge in [-0.2, -0.15) is 5.10 Å². The lowest BCUT2D eigenvalue weighted by Crippen LogP contribution is -2.39. The van der Waals surface area contributed by atoms with Crippen molar-refractivity contribution in [3.8, 4) is 0 Å². The number of hydrogen-bond donors (Lipinski definition) is 1. The van der Waals surface area contributed by atoms with Crippen LogP contribution < -0.4 is 10.9 Å². The molecule has 0 radical (unpaired) electrons. The lowest BCUT2D eigenvalue weighted by atomic mass is 9.87. The van der Waals surface area contributed by atoms with Gasteiger partial charge in [-0.1, -0.05) is 19.1 Å². The van der Waals surface area contributed by atoms with Crippen molar-refractivity contribution in [2.75, 3.05) is 0 Å². The summed E-state index contributed by atoms with van der Waals surface area (Å²) < 4.78 is 6.91. The van der Waals surface area contributed by atoms with Gasteiger partial charge in [0.2, 0.25) is 5.91 Å². The minimum Gasteiger partial charge on any atom is -0.422 e. The van der Waals surface area contributed by atoms with E-state index in [9.17, 15) is 9.59 Å². The van der Waals surface area contributed by atoms with Crippen LogP contribution in [0.4, 0.5) is 0 Å². The first-order chi connectivity index (χ1) is 12.1. The Bertz CT molecular complexity index is 980. The number of fused-ring (bicyclic) bond motifs is 3. The molecule has 6 nitrogen and oxygen atoms in total. The molecule has 6 heteroatoms. The van der Waals surface area contributed by atoms with E-state index >= 15 is 0 Å². The van der Waals surface area contributed by atoms with Gasteiger partial charge in [0.25, 0.3) is 0 Å². The summed E-state index contributed by atoms with van der Waals surface area (Å²) in [6.07, 6.45) is 5.84. The van der Waals surface area contributed by atoms with E-state index in [0.29, 0.717) is 16.5 Å². The van der Waals surface area contributed by atoms with E-state index in [0.717, 1.165) is 37.0 Å². The number of amides is 1. The maximum absolute atomic E-state index is 12.5. The summed E-state index contributed by atoms with van der Waals surface area (Å²) in [5.41, 5.74) is 0.726. The third kappa shape index (κ3) is 3.04. The van der Waals surface area contributed by atoms with Crippen LogP contribution in [-0.4, -0.2) is 21.7 Å². The molecule has 1 saturated carbocycles. The average Bonchev–Trinajstić information content (AvgIpc) is 3.02. The van der Waals surface area contributed by atoms with Gasteiger partial charge in [0.15, 0.2) is 0 Å². The molecule has 1 fully saturated rings. The first kappa shape index (κ1) is 15.9. The fourth-order valence-electron chi connectivity index (χ4n) is 3.66. The second kappa shape index (κ2) is 6.35. The first-order valence-electron chi connectivity index (χ1n) is 8.78. The zero-order valence-corrected chi connectivity index (χ0v) is 14.2. The van der Waals surface area contributed by atoms with Gasteiger partial charge in [-0.15, -0.1) is 0 Å². The molecule has 2 aromatic heterocycles. The van der Waals surface area contributed by atoms with Crippen LogP contribution >= 0.6 is 0 Å². The summed E-state index contributed by atoms with van der Waals surface area (Å²) in [5, 5.41) is 8.54. The van der Waals surface area contributed by atoms with Gasteiger partial charge < -0.3 is 9.73 Å². The molecule has 0 bridgehead atoms. The minimum absolute atomic E-state index is 0.0677. The minimum atomic E-state index is -0.429. The van der Waals surface area contributed by atoms with Crippen molar-refractivity contribution in [2.45, 2.75) is 45.2 Å². The number of hydrogen-bond acceptors (Lipinski definition) is 4. The number of para-hydroxylation sites is 1. The van der Waals surface area contributed by atoms with E-state index in [-0.39, 0.29) is 18.5 Å². The van der Waals surface area contributed by atoms with E-state index in [4.69, 9.17) is 4.42 Å². The molecular formula is C19H21N3O3.